The Hall–Kier alpha value is -2.08. The van der Waals surface area contributed by atoms with E-state index < -0.39 is 0 Å². The molecule has 6 heteroatoms. The molecule has 1 aromatic carbocycles. The fourth-order valence-electron chi connectivity index (χ4n) is 2.39. The van der Waals surface area contributed by atoms with Crippen LogP contribution in [0.4, 0.5) is 0 Å². The fraction of sp³-hybridized carbons (Fsp3) is 0.444. The van der Waals surface area contributed by atoms with Crippen molar-refractivity contribution in [1.82, 2.24) is 15.2 Å². The summed E-state index contributed by atoms with van der Waals surface area (Å²) in [7, 11) is 3.85. The first kappa shape index (κ1) is 18.3. The molecule has 5 nitrogen and oxygen atoms in total. The van der Waals surface area contributed by atoms with Crippen LogP contribution in [0.15, 0.2) is 35.5 Å². The van der Waals surface area contributed by atoms with Crippen LogP contribution in [-0.2, 0) is 13.0 Å². The quantitative estimate of drug-likeness (QED) is 0.618. The number of benzene rings is 1. The molecule has 1 N–H and O–H groups in total. The van der Waals surface area contributed by atoms with Crippen LogP contribution >= 0.6 is 11.3 Å². The fourth-order valence-corrected chi connectivity index (χ4v) is 3.18. The Balaban J connectivity index is 1.83. The third-order valence-electron chi connectivity index (χ3n) is 3.52. The molecule has 0 aliphatic rings. The lowest BCUT2D eigenvalue weighted by Gasteiger charge is -2.22. The molecule has 0 fully saturated rings. The van der Waals surface area contributed by atoms with Gasteiger partial charge in [0.25, 0.3) is 0 Å². The molecule has 0 atom stereocenters. The summed E-state index contributed by atoms with van der Waals surface area (Å²) in [5.41, 5.74) is 1.22. The van der Waals surface area contributed by atoms with Gasteiger partial charge in [-0.2, -0.15) is 0 Å². The van der Waals surface area contributed by atoms with Crippen LogP contribution in [0.2, 0.25) is 0 Å². The number of nitrogens with one attached hydrogen (secondary N) is 1. The predicted octanol–water partition coefficient (Wildman–Crippen LogP) is 3.10. The molecule has 0 aliphatic heterocycles. The van der Waals surface area contributed by atoms with Crippen molar-refractivity contribution in [3.63, 3.8) is 0 Å². The molecule has 0 aliphatic carbocycles. The minimum atomic E-state index is 0.689. The van der Waals surface area contributed by atoms with Gasteiger partial charge in [-0.25, -0.2) is 4.98 Å². The lowest BCUT2D eigenvalue weighted by Crippen LogP contribution is -2.39. The molecule has 0 bridgehead atoms. The summed E-state index contributed by atoms with van der Waals surface area (Å²) < 4.78 is 5.48. The average molecular weight is 347 g/mol. The molecule has 0 spiro atoms. The Morgan fingerprint density at radius 1 is 1.33 bits per heavy atom. The van der Waals surface area contributed by atoms with Crippen LogP contribution in [0, 0.1) is 6.92 Å². The Morgan fingerprint density at radius 2 is 2.08 bits per heavy atom. The molecule has 1 heterocycles. The number of guanidine groups is 1. The first-order chi connectivity index (χ1) is 11.6. The highest BCUT2D eigenvalue weighted by atomic mass is 32.1. The molecule has 2 rings (SSSR count). The summed E-state index contributed by atoms with van der Waals surface area (Å²) in [6.45, 7) is 6.38. The largest absolute Gasteiger partial charge is 0.494 e. The molecular weight excluding hydrogens is 320 g/mol. The zero-order valence-corrected chi connectivity index (χ0v) is 15.7. The van der Waals surface area contributed by atoms with Crippen molar-refractivity contribution in [2.75, 3.05) is 27.2 Å². The number of hydrogen-bond acceptors (Lipinski definition) is 4. The van der Waals surface area contributed by atoms with Crippen LogP contribution < -0.4 is 10.1 Å². The van der Waals surface area contributed by atoms with Gasteiger partial charge in [-0.05, 0) is 31.5 Å². The SMILES string of the molecule is CCOc1ccc(CN(C)C(=NC)NCCc2ncc(C)s2)cc1. The number of hydrogen-bond donors (Lipinski definition) is 1. The summed E-state index contributed by atoms with van der Waals surface area (Å²) in [5, 5.41) is 4.55. The van der Waals surface area contributed by atoms with E-state index in [4.69, 9.17) is 4.74 Å². The first-order valence-electron chi connectivity index (χ1n) is 8.17. The molecule has 24 heavy (non-hydrogen) atoms. The van der Waals surface area contributed by atoms with Crippen molar-refractivity contribution < 1.29 is 4.74 Å². The van der Waals surface area contributed by atoms with Crippen molar-refractivity contribution in [2.24, 2.45) is 4.99 Å². The maximum Gasteiger partial charge on any atom is 0.193 e. The van der Waals surface area contributed by atoms with Gasteiger partial charge in [-0.1, -0.05) is 12.1 Å². The van der Waals surface area contributed by atoms with E-state index in [1.165, 1.54) is 10.4 Å². The number of aromatic nitrogens is 1. The third kappa shape index (κ3) is 5.53. The lowest BCUT2D eigenvalue weighted by molar-refractivity contribution is 0.340. The predicted molar refractivity (Wildman–Crippen MR) is 101 cm³/mol. The number of nitrogens with zero attached hydrogens (tertiary/aromatic N) is 3. The average Bonchev–Trinajstić information content (AvgIpc) is 2.99. The number of thiazole rings is 1. The standard InChI is InChI=1S/C18H26N4OS/c1-5-23-16-8-6-15(7-9-16)13-22(4)18(19-3)20-11-10-17-21-12-14(2)24-17/h6-9,12H,5,10-11,13H2,1-4H3,(H,19,20). The number of aryl methyl sites for hydroxylation is 1. The molecule has 0 amide bonds. The summed E-state index contributed by atoms with van der Waals surface area (Å²) in [6, 6.07) is 8.20. The molecule has 1 aromatic heterocycles. The van der Waals surface area contributed by atoms with Gasteiger partial charge in [0, 0.05) is 44.7 Å². The highest BCUT2D eigenvalue weighted by Crippen LogP contribution is 2.13. The van der Waals surface area contributed by atoms with E-state index in [-0.39, 0.29) is 0 Å². The number of ether oxygens (including phenoxy) is 1. The summed E-state index contributed by atoms with van der Waals surface area (Å²) >= 11 is 1.75. The zero-order chi connectivity index (χ0) is 17.4. The molecule has 130 valence electrons. The Bertz CT molecular complexity index is 651. The van der Waals surface area contributed by atoms with E-state index in [0.29, 0.717) is 6.61 Å². The first-order valence-corrected chi connectivity index (χ1v) is 8.99. The Labute approximate surface area is 148 Å². The van der Waals surface area contributed by atoms with E-state index in [9.17, 15) is 0 Å². The summed E-state index contributed by atoms with van der Waals surface area (Å²) in [4.78, 5) is 12.1. The van der Waals surface area contributed by atoms with Crippen molar-refractivity contribution in [3.8, 4) is 5.75 Å². The van der Waals surface area contributed by atoms with Gasteiger partial charge < -0.3 is 15.0 Å². The molecule has 2 aromatic rings. The lowest BCUT2D eigenvalue weighted by atomic mass is 10.2. The maximum atomic E-state index is 5.48. The molecule has 0 saturated carbocycles. The summed E-state index contributed by atoms with van der Waals surface area (Å²) in [5.74, 6) is 1.79. The second-order valence-corrected chi connectivity index (χ2v) is 6.84. The zero-order valence-electron chi connectivity index (χ0n) is 14.9. The maximum absolute atomic E-state index is 5.48. The minimum Gasteiger partial charge on any atom is -0.494 e. The molecule has 0 radical (unpaired) electrons. The summed E-state index contributed by atoms with van der Waals surface area (Å²) in [6.07, 6.45) is 2.83. The smallest absolute Gasteiger partial charge is 0.193 e. The van der Waals surface area contributed by atoms with E-state index in [2.05, 4.69) is 39.2 Å². The number of aliphatic imine (C=N–C) groups is 1. The highest BCUT2D eigenvalue weighted by Gasteiger charge is 2.07. The number of rotatable bonds is 7. The third-order valence-corrected chi connectivity index (χ3v) is 4.49. The van der Waals surface area contributed by atoms with Crippen molar-refractivity contribution in [3.05, 3.63) is 45.9 Å². The van der Waals surface area contributed by atoms with Gasteiger partial charge in [0.2, 0.25) is 0 Å². The van der Waals surface area contributed by atoms with Crippen LogP contribution in [-0.4, -0.2) is 43.1 Å². The van der Waals surface area contributed by atoms with Gasteiger partial charge in [0.1, 0.15) is 5.75 Å². The van der Waals surface area contributed by atoms with Crippen molar-refractivity contribution in [1.29, 1.82) is 0 Å². The van der Waals surface area contributed by atoms with Gasteiger partial charge in [-0.15, -0.1) is 11.3 Å². The van der Waals surface area contributed by atoms with Crippen LogP contribution in [0.5, 0.6) is 5.75 Å². The van der Waals surface area contributed by atoms with Gasteiger partial charge in [0.15, 0.2) is 5.96 Å². The molecule has 0 saturated heterocycles. The Kier molecular flexibility index (Phi) is 7.06. The normalized spacial score (nSPS) is 11.4. The van der Waals surface area contributed by atoms with Crippen LogP contribution in [0.25, 0.3) is 0 Å². The van der Waals surface area contributed by atoms with Crippen molar-refractivity contribution in [2.45, 2.75) is 26.8 Å². The minimum absolute atomic E-state index is 0.689. The second-order valence-electron chi connectivity index (χ2n) is 5.52. The van der Waals surface area contributed by atoms with E-state index in [0.717, 1.165) is 36.2 Å². The van der Waals surface area contributed by atoms with Crippen molar-refractivity contribution >= 4 is 17.3 Å². The van der Waals surface area contributed by atoms with E-state index >= 15 is 0 Å². The van der Waals surface area contributed by atoms with Crippen LogP contribution in [0.1, 0.15) is 22.4 Å². The highest BCUT2D eigenvalue weighted by molar-refractivity contribution is 7.11. The topological polar surface area (TPSA) is 49.8 Å². The van der Waals surface area contributed by atoms with E-state index in [1.807, 2.05) is 39.3 Å². The molecule has 0 unspecified atom stereocenters. The monoisotopic (exact) mass is 346 g/mol. The van der Waals surface area contributed by atoms with Crippen LogP contribution in [0.3, 0.4) is 0 Å². The van der Waals surface area contributed by atoms with Gasteiger partial charge in [0.05, 0.1) is 11.6 Å². The van der Waals surface area contributed by atoms with Gasteiger partial charge >= 0.3 is 0 Å². The van der Waals surface area contributed by atoms with Gasteiger partial charge in [-0.3, -0.25) is 4.99 Å². The Morgan fingerprint density at radius 3 is 2.67 bits per heavy atom. The van der Waals surface area contributed by atoms with E-state index in [1.54, 1.807) is 11.3 Å². The second kappa shape index (κ2) is 9.27. The molecular formula is C18H26N4OS.